The van der Waals surface area contributed by atoms with Gasteiger partial charge >= 0.3 is 0 Å². The number of hydrogen-bond acceptors (Lipinski definition) is 3. The van der Waals surface area contributed by atoms with Gasteiger partial charge in [-0.15, -0.1) is 0 Å². The van der Waals surface area contributed by atoms with Gasteiger partial charge in [0.25, 0.3) is 5.91 Å². The van der Waals surface area contributed by atoms with Gasteiger partial charge < -0.3 is 15.4 Å². The lowest BCUT2D eigenvalue weighted by Crippen LogP contribution is -2.36. The van der Waals surface area contributed by atoms with Crippen LogP contribution in [0.25, 0.3) is 6.08 Å². The van der Waals surface area contributed by atoms with Crippen molar-refractivity contribution >= 4 is 23.6 Å². The Morgan fingerprint density at radius 1 is 1.00 bits per heavy atom. The number of amides is 2. The van der Waals surface area contributed by atoms with Gasteiger partial charge in [-0.2, -0.15) is 0 Å². The highest BCUT2D eigenvalue weighted by Crippen LogP contribution is 2.20. The third-order valence-corrected chi connectivity index (χ3v) is 4.91. The van der Waals surface area contributed by atoms with Crippen molar-refractivity contribution in [1.29, 1.82) is 0 Å². The monoisotopic (exact) mass is 378 g/mol. The third kappa shape index (κ3) is 5.46. The van der Waals surface area contributed by atoms with Gasteiger partial charge in [0.1, 0.15) is 5.75 Å². The summed E-state index contributed by atoms with van der Waals surface area (Å²) in [6.07, 6.45) is 8.76. The molecule has 28 heavy (non-hydrogen) atoms. The van der Waals surface area contributed by atoms with Crippen LogP contribution in [0.3, 0.4) is 0 Å². The molecule has 0 aromatic heterocycles. The van der Waals surface area contributed by atoms with Crippen molar-refractivity contribution in [3.63, 3.8) is 0 Å². The summed E-state index contributed by atoms with van der Waals surface area (Å²) in [6.45, 7) is 0. The van der Waals surface area contributed by atoms with Crippen LogP contribution < -0.4 is 15.4 Å². The summed E-state index contributed by atoms with van der Waals surface area (Å²) < 4.78 is 5.12. The van der Waals surface area contributed by atoms with E-state index in [1.54, 1.807) is 37.5 Å². The topological polar surface area (TPSA) is 67.4 Å². The quantitative estimate of drug-likeness (QED) is 0.732. The Labute approximate surface area is 165 Å². The van der Waals surface area contributed by atoms with Crippen molar-refractivity contribution in [2.24, 2.45) is 0 Å². The molecule has 1 fully saturated rings. The van der Waals surface area contributed by atoms with Crippen LogP contribution in [0.4, 0.5) is 5.69 Å². The second kappa shape index (κ2) is 9.74. The van der Waals surface area contributed by atoms with Crippen LogP contribution in [-0.4, -0.2) is 25.0 Å². The number of benzene rings is 2. The van der Waals surface area contributed by atoms with Gasteiger partial charge in [-0.05, 0) is 48.7 Å². The molecular formula is C23H26N2O3. The summed E-state index contributed by atoms with van der Waals surface area (Å²) in [7, 11) is 1.61. The Bertz CT molecular complexity index is 837. The zero-order valence-corrected chi connectivity index (χ0v) is 16.1. The SMILES string of the molecule is COc1ccc(C=CC(=O)Nc2ccccc2C(=O)NC2CCCCC2)cc1. The normalized spacial score (nSPS) is 14.6. The number of methoxy groups -OCH3 is 1. The van der Waals surface area contributed by atoms with Crippen molar-refractivity contribution in [3.05, 3.63) is 65.7 Å². The van der Waals surface area contributed by atoms with Crippen LogP contribution >= 0.6 is 0 Å². The zero-order chi connectivity index (χ0) is 19.8. The number of hydrogen-bond donors (Lipinski definition) is 2. The first-order valence-corrected chi connectivity index (χ1v) is 9.69. The van der Waals surface area contributed by atoms with Crippen molar-refractivity contribution < 1.29 is 14.3 Å². The predicted molar refractivity (Wildman–Crippen MR) is 111 cm³/mol. The number of carbonyl (C=O) groups excluding carboxylic acids is 2. The molecule has 2 amide bonds. The van der Waals surface area contributed by atoms with Gasteiger partial charge in [-0.25, -0.2) is 0 Å². The van der Waals surface area contributed by atoms with E-state index in [4.69, 9.17) is 4.74 Å². The highest BCUT2D eigenvalue weighted by molar-refractivity contribution is 6.07. The number of anilines is 1. The Morgan fingerprint density at radius 3 is 2.43 bits per heavy atom. The molecule has 1 aliphatic carbocycles. The molecule has 0 heterocycles. The summed E-state index contributed by atoms with van der Waals surface area (Å²) in [4.78, 5) is 25.0. The van der Waals surface area contributed by atoms with E-state index in [0.717, 1.165) is 37.0 Å². The van der Waals surface area contributed by atoms with Gasteiger partial charge in [0.15, 0.2) is 0 Å². The minimum atomic E-state index is -0.284. The fraction of sp³-hybridized carbons (Fsp3) is 0.304. The minimum Gasteiger partial charge on any atom is -0.497 e. The Balaban J connectivity index is 1.63. The van der Waals surface area contributed by atoms with Crippen molar-refractivity contribution in [2.75, 3.05) is 12.4 Å². The number of nitrogens with one attached hydrogen (secondary N) is 2. The first kappa shape index (κ1) is 19.7. The summed E-state index contributed by atoms with van der Waals surface area (Å²) in [5, 5.41) is 5.91. The average molecular weight is 378 g/mol. The van der Waals surface area contributed by atoms with Crippen molar-refractivity contribution in [1.82, 2.24) is 5.32 Å². The highest BCUT2D eigenvalue weighted by atomic mass is 16.5. The van der Waals surface area contributed by atoms with E-state index in [9.17, 15) is 9.59 Å². The Kier molecular flexibility index (Phi) is 6.84. The molecule has 0 aliphatic heterocycles. The third-order valence-electron chi connectivity index (χ3n) is 4.91. The maximum absolute atomic E-state index is 12.7. The van der Waals surface area contributed by atoms with Crippen LogP contribution in [0.15, 0.2) is 54.6 Å². The molecule has 0 saturated heterocycles. The number of carbonyl (C=O) groups is 2. The lowest BCUT2D eigenvalue weighted by molar-refractivity contribution is -0.111. The number of para-hydroxylation sites is 1. The maximum Gasteiger partial charge on any atom is 0.253 e. The Hall–Kier alpha value is -3.08. The van der Waals surface area contributed by atoms with Gasteiger partial charge in [-0.3, -0.25) is 9.59 Å². The molecule has 1 saturated carbocycles. The molecule has 1 aliphatic rings. The molecule has 146 valence electrons. The molecule has 3 rings (SSSR count). The van der Waals surface area contributed by atoms with Crippen LogP contribution in [0.2, 0.25) is 0 Å². The fourth-order valence-electron chi connectivity index (χ4n) is 3.36. The number of ether oxygens (including phenoxy) is 1. The summed E-state index contributed by atoms with van der Waals surface area (Å²) in [6, 6.07) is 14.7. The van der Waals surface area contributed by atoms with Gasteiger partial charge in [0.05, 0.1) is 18.4 Å². The smallest absolute Gasteiger partial charge is 0.253 e. The summed E-state index contributed by atoms with van der Waals surface area (Å²) >= 11 is 0. The first-order valence-electron chi connectivity index (χ1n) is 9.69. The molecule has 0 spiro atoms. The minimum absolute atomic E-state index is 0.137. The molecular weight excluding hydrogens is 352 g/mol. The molecule has 0 atom stereocenters. The van der Waals surface area contributed by atoms with Crippen LogP contribution in [0.1, 0.15) is 48.0 Å². The van der Waals surface area contributed by atoms with Crippen molar-refractivity contribution in [3.8, 4) is 5.75 Å². The first-order chi connectivity index (χ1) is 13.7. The number of rotatable bonds is 6. The van der Waals surface area contributed by atoms with Gasteiger partial charge in [0.2, 0.25) is 5.91 Å². The van der Waals surface area contributed by atoms with E-state index in [2.05, 4.69) is 10.6 Å². The Morgan fingerprint density at radius 2 is 1.71 bits per heavy atom. The van der Waals surface area contributed by atoms with E-state index in [1.165, 1.54) is 12.5 Å². The average Bonchev–Trinajstić information content (AvgIpc) is 2.73. The molecule has 5 heteroatoms. The molecule has 2 N–H and O–H groups in total. The van der Waals surface area contributed by atoms with Crippen LogP contribution in [-0.2, 0) is 4.79 Å². The van der Waals surface area contributed by atoms with Gasteiger partial charge in [-0.1, -0.05) is 43.5 Å². The lowest BCUT2D eigenvalue weighted by atomic mass is 9.95. The maximum atomic E-state index is 12.7. The zero-order valence-electron chi connectivity index (χ0n) is 16.1. The largest absolute Gasteiger partial charge is 0.497 e. The second-order valence-corrected chi connectivity index (χ2v) is 6.95. The van der Waals surface area contributed by atoms with Crippen LogP contribution in [0.5, 0.6) is 5.75 Å². The highest BCUT2D eigenvalue weighted by Gasteiger charge is 2.18. The van der Waals surface area contributed by atoms with E-state index in [-0.39, 0.29) is 17.9 Å². The molecule has 2 aromatic rings. The molecule has 2 aromatic carbocycles. The van der Waals surface area contributed by atoms with Crippen LogP contribution in [0, 0.1) is 0 Å². The predicted octanol–water partition coefficient (Wildman–Crippen LogP) is 4.41. The molecule has 0 unspecified atom stereocenters. The molecule has 0 bridgehead atoms. The summed E-state index contributed by atoms with van der Waals surface area (Å²) in [5.74, 6) is 0.343. The van der Waals surface area contributed by atoms with Crippen molar-refractivity contribution in [2.45, 2.75) is 38.1 Å². The fourth-order valence-corrected chi connectivity index (χ4v) is 3.36. The molecule has 0 radical (unpaired) electrons. The standard InChI is InChI=1S/C23H26N2O3/c1-28-19-14-11-17(12-15-19)13-16-22(26)25-21-10-6-5-9-20(21)23(27)24-18-7-3-2-4-8-18/h5-6,9-16,18H,2-4,7-8H2,1H3,(H,24,27)(H,25,26). The van der Waals surface area contributed by atoms with E-state index >= 15 is 0 Å². The van der Waals surface area contributed by atoms with E-state index < -0.39 is 0 Å². The van der Waals surface area contributed by atoms with Gasteiger partial charge in [0, 0.05) is 12.1 Å². The molecule has 5 nitrogen and oxygen atoms in total. The summed E-state index contributed by atoms with van der Waals surface area (Å²) in [5.41, 5.74) is 1.89. The van der Waals surface area contributed by atoms with E-state index in [0.29, 0.717) is 11.3 Å². The second-order valence-electron chi connectivity index (χ2n) is 6.95. The van der Waals surface area contributed by atoms with E-state index in [1.807, 2.05) is 24.3 Å². The lowest BCUT2D eigenvalue weighted by Gasteiger charge is -2.23.